The first-order chi connectivity index (χ1) is 11.8. The van der Waals surface area contributed by atoms with Gasteiger partial charge in [0.05, 0.1) is 0 Å². The lowest BCUT2D eigenvalue weighted by Crippen LogP contribution is -2.29. The van der Waals surface area contributed by atoms with E-state index in [2.05, 4.69) is 19.2 Å². The smallest absolute Gasteiger partial charge is 0.00507 e. The lowest BCUT2D eigenvalue weighted by molar-refractivity contribution is 0.490. The summed E-state index contributed by atoms with van der Waals surface area (Å²) in [4.78, 5) is 0. The van der Waals surface area contributed by atoms with Crippen molar-refractivity contribution in [3.8, 4) is 0 Å². The summed E-state index contributed by atoms with van der Waals surface area (Å²) in [7, 11) is 0. The molecule has 24 heavy (non-hydrogen) atoms. The van der Waals surface area contributed by atoms with Crippen LogP contribution >= 0.6 is 0 Å². The van der Waals surface area contributed by atoms with Gasteiger partial charge in [-0.2, -0.15) is 0 Å². The van der Waals surface area contributed by atoms with Gasteiger partial charge in [0.15, 0.2) is 0 Å². The quantitative estimate of drug-likeness (QED) is 0.246. The van der Waals surface area contributed by atoms with Crippen molar-refractivity contribution in [2.45, 2.75) is 129 Å². The van der Waals surface area contributed by atoms with E-state index in [1.165, 1.54) is 109 Å². The van der Waals surface area contributed by atoms with Crippen molar-refractivity contribution in [1.29, 1.82) is 0 Å². The van der Waals surface area contributed by atoms with Crippen molar-refractivity contribution < 1.29 is 0 Å². The zero-order valence-electron chi connectivity index (χ0n) is 17.1. The van der Waals surface area contributed by atoms with Gasteiger partial charge in [0.2, 0.25) is 0 Å². The Morgan fingerprint density at radius 2 is 1.00 bits per heavy atom. The second kappa shape index (κ2) is 21.0. The molecule has 146 valence electrons. The zero-order valence-corrected chi connectivity index (χ0v) is 17.1. The van der Waals surface area contributed by atoms with Crippen molar-refractivity contribution in [3.05, 3.63) is 0 Å². The summed E-state index contributed by atoms with van der Waals surface area (Å²) in [5, 5.41) is 3.55. The largest absolute Gasteiger partial charge is 0.330 e. The number of hydrogen-bond donors (Lipinski definition) is 2. The number of unbranched alkanes of at least 4 members (excludes halogenated alkanes) is 15. The molecule has 0 aliphatic carbocycles. The van der Waals surface area contributed by atoms with E-state index in [-0.39, 0.29) is 0 Å². The van der Waals surface area contributed by atoms with Crippen LogP contribution in [-0.2, 0) is 0 Å². The Morgan fingerprint density at radius 1 is 0.625 bits per heavy atom. The molecule has 0 rings (SSSR count). The molecule has 0 bridgehead atoms. The van der Waals surface area contributed by atoms with E-state index in [4.69, 9.17) is 5.73 Å². The second-order valence-corrected chi connectivity index (χ2v) is 7.74. The topological polar surface area (TPSA) is 38.0 Å². The van der Waals surface area contributed by atoms with Gasteiger partial charge >= 0.3 is 0 Å². The van der Waals surface area contributed by atoms with E-state index in [1.807, 2.05) is 0 Å². The van der Waals surface area contributed by atoms with E-state index >= 15 is 0 Å². The van der Waals surface area contributed by atoms with Crippen LogP contribution in [-0.4, -0.2) is 19.1 Å². The van der Waals surface area contributed by atoms with Gasteiger partial charge in [0, 0.05) is 6.04 Å². The fourth-order valence-corrected chi connectivity index (χ4v) is 3.37. The van der Waals surface area contributed by atoms with Crippen LogP contribution in [0.5, 0.6) is 0 Å². The third kappa shape index (κ3) is 20.0. The lowest BCUT2D eigenvalue weighted by atomic mass is 10.0. The molecule has 0 aromatic rings. The molecule has 0 aromatic carbocycles. The SMILES string of the molecule is CCCCCCCCCCCCCCCCCCNC(C)CCN. The molecular weight excluding hydrogens is 292 g/mol. The Kier molecular flexibility index (Phi) is 20.9. The van der Waals surface area contributed by atoms with Crippen molar-refractivity contribution in [1.82, 2.24) is 5.32 Å². The number of nitrogens with one attached hydrogen (secondary N) is 1. The third-order valence-corrected chi connectivity index (χ3v) is 5.12. The van der Waals surface area contributed by atoms with Crippen molar-refractivity contribution in [3.63, 3.8) is 0 Å². The van der Waals surface area contributed by atoms with Crippen LogP contribution in [0.2, 0.25) is 0 Å². The summed E-state index contributed by atoms with van der Waals surface area (Å²) in [6.45, 7) is 6.49. The Bertz CT molecular complexity index is 218. The molecule has 0 aliphatic rings. The maximum absolute atomic E-state index is 5.56. The van der Waals surface area contributed by atoms with Crippen molar-refractivity contribution >= 4 is 0 Å². The molecule has 2 heteroatoms. The molecule has 0 saturated heterocycles. The number of hydrogen-bond acceptors (Lipinski definition) is 2. The standard InChI is InChI=1S/C22H48N2/c1-3-4-5-6-7-8-9-10-11-12-13-14-15-16-17-18-21-24-22(2)19-20-23/h22,24H,3-21,23H2,1-2H3. The Labute approximate surface area is 153 Å². The van der Waals surface area contributed by atoms with E-state index in [1.54, 1.807) is 0 Å². The van der Waals surface area contributed by atoms with Crippen LogP contribution in [0.3, 0.4) is 0 Å². The van der Waals surface area contributed by atoms with Gasteiger partial charge in [-0.3, -0.25) is 0 Å². The lowest BCUT2D eigenvalue weighted by Gasteiger charge is -2.12. The van der Waals surface area contributed by atoms with E-state index in [0.717, 1.165) is 13.0 Å². The average molecular weight is 341 g/mol. The molecule has 0 spiro atoms. The molecule has 0 aliphatic heterocycles. The van der Waals surface area contributed by atoms with Gasteiger partial charge in [-0.1, -0.05) is 103 Å². The first kappa shape index (κ1) is 23.9. The van der Waals surface area contributed by atoms with Gasteiger partial charge < -0.3 is 11.1 Å². The molecule has 0 aromatic heterocycles. The predicted molar refractivity (Wildman–Crippen MR) is 111 cm³/mol. The van der Waals surface area contributed by atoms with Crippen LogP contribution in [0.1, 0.15) is 123 Å². The molecule has 1 atom stereocenters. The summed E-state index contributed by atoms with van der Waals surface area (Å²) in [5.74, 6) is 0. The van der Waals surface area contributed by atoms with E-state index in [9.17, 15) is 0 Å². The summed E-state index contributed by atoms with van der Waals surface area (Å²) in [6.07, 6.45) is 24.1. The molecular formula is C22H48N2. The highest BCUT2D eigenvalue weighted by atomic mass is 14.9. The summed E-state index contributed by atoms with van der Waals surface area (Å²) in [5.41, 5.74) is 5.56. The van der Waals surface area contributed by atoms with E-state index < -0.39 is 0 Å². The second-order valence-electron chi connectivity index (χ2n) is 7.74. The number of rotatable bonds is 20. The molecule has 3 N–H and O–H groups in total. The van der Waals surface area contributed by atoms with Crippen LogP contribution in [0.25, 0.3) is 0 Å². The van der Waals surface area contributed by atoms with Crippen LogP contribution in [0.15, 0.2) is 0 Å². The van der Waals surface area contributed by atoms with Crippen molar-refractivity contribution in [2.24, 2.45) is 5.73 Å². The highest BCUT2D eigenvalue weighted by molar-refractivity contribution is 4.60. The summed E-state index contributed by atoms with van der Waals surface area (Å²) < 4.78 is 0. The fourth-order valence-electron chi connectivity index (χ4n) is 3.37. The minimum absolute atomic E-state index is 0.589. The first-order valence-corrected chi connectivity index (χ1v) is 11.2. The fraction of sp³-hybridized carbons (Fsp3) is 1.00. The van der Waals surface area contributed by atoms with Gasteiger partial charge in [-0.05, 0) is 32.9 Å². The molecule has 0 saturated carbocycles. The minimum atomic E-state index is 0.589. The van der Waals surface area contributed by atoms with Crippen LogP contribution < -0.4 is 11.1 Å². The highest BCUT2D eigenvalue weighted by Crippen LogP contribution is 2.13. The molecule has 0 amide bonds. The maximum Gasteiger partial charge on any atom is 0.00507 e. The van der Waals surface area contributed by atoms with Gasteiger partial charge in [-0.25, -0.2) is 0 Å². The predicted octanol–water partition coefficient (Wildman–Crippen LogP) is 6.57. The van der Waals surface area contributed by atoms with Crippen LogP contribution in [0, 0.1) is 0 Å². The number of nitrogens with two attached hydrogens (primary N) is 1. The molecule has 0 heterocycles. The first-order valence-electron chi connectivity index (χ1n) is 11.2. The monoisotopic (exact) mass is 340 g/mol. The van der Waals surface area contributed by atoms with E-state index in [0.29, 0.717) is 6.04 Å². The van der Waals surface area contributed by atoms with Gasteiger partial charge in [0.25, 0.3) is 0 Å². The highest BCUT2D eigenvalue weighted by Gasteiger charge is 1.98. The molecule has 0 fully saturated rings. The summed E-state index contributed by atoms with van der Waals surface area (Å²) >= 11 is 0. The zero-order chi connectivity index (χ0) is 17.7. The minimum Gasteiger partial charge on any atom is -0.330 e. The van der Waals surface area contributed by atoms with Gasteiger partial charge in [0.1, 0.15) is 0 Å². The Balaban J connectivity index is 3.00. The molecule has 2 nitrogen and oxygen atoms in total. The van der Waals surface area contributed by atoms with Crippen LogP contribution in [0.4, 0.5) is 0 Å². The van der Waals surface area contributed by atoms with Gasteiger partial charge in [-0.15, -0.1) is 0 Å². The van der Waals surface area contributed by atoms with Crippen molar-refractivity contribution in [2.75, 3.05) is 13.1 Å². The molecule has 0 radical (unpaired) electrons. The normalized spacial score (nSPS) is 12.6. The molecule has 1 unspecified atom stereocenters. The Morgan fingerprint density at radius 3 is 1.38 bits per heavy atom. The third-order valence-electron chi connectivity index (χ3n) is 5.12. The maximum atomic E-state index is 5.56. The Hall–Kier alpha value is -0.0800. The summed E-state index contributed by atoms with van der Waals surface area (Å²) in [6, 6.07) is 0.589. The average Bonchev–Trinajstić information content (AvgIpc) is 2.58.